The number of hydrazone groups is 1. The van der Waals surface area contributed by atoms with Crippen LogP contribution in [-0.4, -0.2) is 57.2 Å². The molecular weight excluding hydrogens is 542 g/mol. The molecule has 1 aliphatic heterocycles. The normalized spacial score (nSPS) is 16.3. The number of aromatic amines is 1. The molecule has 0 unspecified atom stereocenters. The fourth-order valence-corrected chi connectivity index (χ4v) is 6.80. The first-order valence-electron chi connectivity index (χ1n) is 15.1. The number of rotatable bonds is 7. The molecule has 1 N–H and O–H groups in total. The summed E-state index contributed by atoms with van der Waals surface area (Å²) in [7, 11) is 3.73. The maximum absolute atomic E-state index is 13.7. The Labute approximate surface area is 250 Å². The van der Waals surface area contributed by atoms with Crippen molar-refractivity contribution in [1.82, 2.24) is 24.1 Å². The standard InChI is InChI=1S/C33H37N7O3/c1-20-17-21(9-11-25(20)39(4)34-2)28-29-31-26(38(3)33(41)40(31)23-7-5-6-8-23)19-36-32(29)37-30(28)22-10-12-27(35-18-22)43-24-13-15-42-16-14-24/h9-12,17-19,23-24H,2,5-8,13-16H2,1,3-4H3,(H,36,37). The molecule has 2 aliphatic rings. The summed E-state index contributed by atoms with van der Waals surface area (Å²) in [4.78, 5) is 26.8. The number of nitrogens with one attached hydrogen (secondary N) is 1. The Balaban J connectivity index is 1.45. The third-order valence-corrected chi connectivity index (χ3v) is 9.09. The molecule has 7 rings (SSSR count). The van der Waals surface area contributed by atoms with Gasteiger partial charge in [-0.2, -0.15) is 5.10 Å². The summed E-state index contributed by atoms with van der Waals surface area (Å²) in [5.74, 6) is 0.604. The largest absolute Gasteiger partial charge is 0.474 e. The van der Waals surface area contributed by atoms with Crippen molar-refractivity contribution < 1.29 is 9.47 Å². The van der Waals surface area contributed by atoms with Crippen molar-refractivity contribution >= 4 is 34.5 Å². The molecule has 222 valence electrons. The lowest BCUT2D eigenvalue weighted by atomic mass is 9.97. The topological polar surface area (TPSA) is 103 Å². The van der Waals surface area contributed by atoms with Gasteiger partial charge in [-0.25, -0.2) is 14.8 Å². The van der Waals surface area contributed by atoms with Crippen LogP contribution in [0.5, 0.6) is 5.88 Å². The van der Waals surface area contributed by atoms with Crippen molar-refractivity contribution in [2.24, 2.45) is 12.1 Å². The maximum Gasteiger partial charge on any atom is 0.329 e. The smallest absolute Gasteiger partial charge is 0.329 e. The molecule has 10 nitrogen and oxygen atoms in total. The van der Waals surface area contributed by atoms with Gasteiger partial charge in [0.2, 0.25) is 5.88 Å². The summed E-state index contributed by atoms with van der Waals surface area (Å²) < 4.78 is 15.4. The number of pyridine rings is 2. The lowest BCUT2D eigenvalue weighted by Gasteiger charge is -2.22. The van der Waals surface area contributed by atoms with Crippen LogP contribution in [0.15, 0.2) is 52.6 Å². The van der Waals surface area contributed by atoms with Crippen molar-refractivity contribution in [2.45, 2.75) is 57.6 Å². The number of aryl methyl sites for hydroxylation is 2. The highest BCUT2D eigenvalue weighted by Gasteiger charge is 2.28. The van der Waals surface area contributed by atoms with Crippen LogP contribution in [0.25, 0.3) is 44.5 Å². The van der Waals surface area contributed by atoms with E-state index in [9.17, 15) is 4.79 Å². The number of fused-ring (bicyclic) bond motifs is 3. The van der Waals surface area contributed by atoms with Crippen LogP contribution < -0.4 is 15.4 Å². The van der Waals surface area contributed by atoms with E-state index in [0.29, 0.717) is 19.1 Å². The molecule has 1 saturated carbocycles. The molecular formula is C33H37N7O3. The number of hydrogen-bond acceptors (Lipinski definition) is 7. The number of ether oxygens (including phenoxy) is 2. The second-order valence-electron chi connectivity index (χ2n) is 11.7. The van der Waals surface area contributed by atoms with E-state index in [1.54, 1.807) is 9.58 Å². The van der Waals surface area contributed by atoms with Crippen molar-refractivity contribution in [3.63, 3.8) is 0 Å². The summed E-state index contributed by atoms with van der Waals surface area (Å²) in [6.45, 7) is 7.19. The summed E-state index contributed by atoms with van der Waals surface area (Å²) in [6, 6.07) is 10.5. The number of nitrogens with zero attached hydrogens (tertiary/aromatic N) is 6. The minimum atomic E-state index is 0.00592. The second kappa shape index (κ2) is 11.0. The van der Waals surface area contributed by atoms with Gasteiger partial charge in [-0.1, -0.05) is 18.9 Å². The Hall–Kier alpha value is -4.44. The molecule has 2 fully saturated rings. The molecule has 10 heteroatoms. The van der Waals surface area contributed by atoms with E-state index in [1.807, 2.05) is 43.2 Å². The first kappa shape index (κ1) is 27.4. The monoisotopic (exact) mass is 579 g/mol. The predicted molar refractivity (Wildman–Crippen MR) is 170 cm³/mol. The van der Waals surface area contributed by atoms with E-state index in [4.69, 9.17) is 19.4 Å². The molecule has 5 heterocycles. The van der Waals surface area contributed by atoms with Gasteiger partial charge in [0.1, 0.15) is 11.8 Å². The lowest BCUT2D eigenvalue weighted by molar-refractivity contribution is 0.0237. The first-order valence-corrected chi connectivity index (χ1v) is 15.1. The lowest BCUT2D eigenvalue weighted by Crippen LogP contribution is -2.26. The Kier molecular flexibility index (Phi) is 7.01. The van der Waals surface area contributed by atoms with Gasteiger partial charge in [-0.05, 0) is 49.1 Å². The molecule has 1 aliphatic carbocycles. The number of aromatic nitrogens is 5. The van der Waals surface area contributed by atoms with E-state index in [-0.39, 0.29) is 17.8 Å². The number of H-pyrrole nitrogens is 1. The first-order chi connectivity index (χ1) is 20.9. The third kappa shape index (κ3) is 4.70. The van der Waals surface area contributed by atoms with Crippen molar-refractivity contribution in [1.29, 1.82) is 0 Å². The van der Waals surface area contributed by atoms with Gasteiger partial charge >= 0.3 is 5.69 Å². The Morgan fingerprint density at radius 2 is 1.84 bits per heavy atom. The van der Waals surface area contributed by atoms with E-state index in [1.165, 1.54) is 0 Å². The molecule has 0 bridgehead atoms. The minimum absolute atomic E-state index is 0.00592. The van der Waals surface area contributed by atoms with Gasteiger partial charge in [0, 0.05) is 63.1 Å². The highest BCUT2D eigenvalue weighted by atomic mass is 16.5. The summed E-state index contributed by atoms with van der Waals surface area (Å²) in [6.07, 6.45) is 9.78. The van der Waals surface area contributed by atoms with Crippen molar-refractivity contribution in [3.8, 4) is 28.3 Å². The van der Waals surface area contributed by atoms with Crippen LogP contribution in [0.3, 0.4) is 0 Å². The van der Waals surface area contributed by atoms with Crippen molar-refractivity contribution in [2.75, 3.05) is 25.3 Å². The number of imidazole rings is 1. The molecule has 0 atom stereocenters. The zero-order valence-corrected chi connectivity index (χ0v) is 25.0. The average Bonchev–Trinajstić information content (AvgIpc) is 3.75. The molecule has 1 saturated heterocycles. The van der Waals surface area contributed by atoms with Gasteiger partial charge < -0.3 is 14.5 Å². The Bertz CT molecular complexity index is 1870. The van der Waals surface area contributed by atoms with Crippen LogP contribution in [-0.2, 0) is 11.8 Å². The van der Waals surface area contributed by atoms with Gasteiger partial charge in [0.05, 0.1) is 47.2 Å². The van der Waals surface area contributed by atoms with Crippen LogP contribution in [0.4, 0.5) is 5.69 Å². The van der Waals surface area contributed by atoms with Crippen LogP contribution in [0.2, 0.25) is 0 Å². The summed E-state index contributed by atoms with van der Waals surface area (Å²) in [5, 5.41) is 6.80. The highest BCUT2D eigenvalue weighted by Crippen LogP contribution is 2.43. The zero-order chi connectivity index (χ0) is 29.7. The zero-order valence-electron chi connectivity index (χ0n) is 25.0. The number of anilines is 1. The van der Waals surface area contributed by atoms with E-state index >= 15 is 0 Å². The number of benzene rings is 1. The molecule has 0 spiro atoms. The third-order valence-electron chi connectivity index (χ3n) is 9.09. The summed E-state index contributed by atoms with van der Waals surface area (Å²) >= 11 is 0. The molecule has 0 radical (unpaired) electrons. The Morgan fingerprint density at radius 1 is 1.07 bits per heavy atom. The van der Waals surface area contributed by atoms with Crippen LogP contribution >= 0.6 is 0 Å². The van der Waals surface area contributed by atoms with Crippen LogP contribution in [0, 0.1) is 6.92 Å². The summed E-state index contributed by atoms with van der Waals surface area (Å²) in [5.41, 5.74) is 8.37. The quantitative estimate of drug-likeness (QED) is 0.188. The molecule has 1 aromatic carbocycles. The second-order valence-corrected chi connectivity index (χ2v) is 11.7. The van der Waals surface area contributed by atoms with E-state index < -0.39 is 0 Å². The Morgan fingerprint density at radius 3 is 2.53 bits per heavy atom. The molecule has 43 heavy (non-hydrogen) atoms. The van der Waals surface area contributed by atoms with Gasteiger partial charge in [0.25, 0.3) is 0 Å². The minimum Gasteiger partial charge on any atom is -0.474 e. The molecule has 5 aromatic rings. The molecule has 0 amide bonds. The van der Waals surface area contributed by atoms with Crippen molar-refractivity contribution in [3.05, 3.63) is 58.8 Å². The maximum atomic E-state index is 13.7. The fourth-order valence-electron chi connectivity index (χ4n) is 6.80. The van der Waals surface area contributed by atoms with Gasteiger partial charge in [-0.3, -0.25) is 14.1 Å². The predicted octanol–water partition coefficient (Wildman–Crippen LogP) is 5.98. The van der Waals surface area contributed by atoms with Crippen LogP contribution in [0.1, 0.15) is 50.1 Å². The van der Waals surface area contributed by atoms with Gasteiger partial charge in [-0.15, -0.1) is 0 Å². The SMILES string of the molecule is C=NN(C)c1ccc(-c2c(-c3ccc(OC4CCOCC4)nc3)[nH]c3ncc4c(c23)n(C2CCCC2)c(=O)n4C)cc1C. The molecule has 4 aromatic heterocycles. The highest BCUT2D eigenvalue weighted by molar-refractivity contribution is 6.14. The van der Waals surface area contributed by atoms with E-state index in [2.05, 4.69) is 41.9 Å². The average molecular weight is 580 g/mol. The number of hydrogen-bond donors (Lipinski definition) is 1. The van der Waals surface area contributed by atoms with Gasteiger partial charge in [0.15, 0.2) is 0 Å². The fraction of sp³-hybridized carbons (Fsp3) is 0.394. The van der Waals surface area contributed by atoms with E-state index in [0.717, 1.165) is 94.2 Å².